The van der Waals surface area contributed by atoms with Crippen LogP contribution in [0.2, 0.25) is 0 Å². The number of hydrogen-bond donors (Lipinski definition) is 0. The molecular weight excluding hydrogens is 204 g/mol. The van der Waals surface area contributed by atoms with Crippen LogP contribution in [0, 0.1) is 13.8 Å². The summed E-state index contributed by atoms with van der Waals surface area (Å²) in [6.07, 6.45) is 1.68. The van der Waals surface area contributed by atoms with Gasteiger partial charge in [0.05, 0.1) is 7.11 Å². The molecule has 3 heteroatoms. The summed E-state index contributed by atoms with van der Waals surface area (Å²) < 4.78 is 4.57. The van der Waals surface area contributed by atoms with Gasteiger partial charge < -0.3 is 4.74 Å². The topological polar surface area (TPSA) is 43.4 Å². The maximum atomic E-state index is 11.0. The summed E-state index contributed by atoms with van der Waals surface area (Å²) in [6, 6.07) is 3.82. The molecule has 1 rings (SSSR count). The lowest BCUT2D eigenvalue weighted by molar-refractivity contribution is -0.140. The number of aryl methyl sites for hydroxylation is 3. The average Bonchev–Trinajstić information content (AvgIpc) is 2.29. The second kappa shape index (κ2) is 5.45. The third-order valence-corrected chi connectivity index (χ3v) is 2.71. The predicted molar refractivity (Wildman–Crippen MR) is 61.6 cm³/mol. The Morgan fingerprint density at radius 1 is 1.31 bits per heavy atom. The van der Waals surface area contributed by atoms with Gasteiger partial charge in [0.2, 0.25) is 0 Å². The summed E-state index contributed by atoms with van der Waals surface area (Å²) >= 11 is 0. The number of benzene rings is 1. The molecular formula is C13H16O3. The summed E-state index contributed by atoms with van der Waals surface area (Å²) in [5.41, 5.74) is 3.78. The zero-order valence-electron chi connectivity index (χ0n) is 9.87. The predicted octanol–water partition coefficient (Wildman–Crippen LogP) is 2.22. The third-order valence-electron chi connectivity index (χ3n) is 2.71. The molecule has 0 saturated carbocycles. The van der Waals surface area contributed by atoms with E-state index in [9.17, 15) is 9.59 Å². The van der Waals surface area contributed by atoms with Crippen molar-refractivity contribution in [3.63, 3.8) is 0 Å². The zero-order valence-corrected chi connectivity index (χ0v) is 9.87. The van der Waals surface area contributed by atoms with Gasteiger partial charge in [0.1, 0.15) is 6.29 Å². The quantitative estimate of drug-likeness (QED) is 0.577. The second-order valence-corrected chi connectivity index (χ2v) is 3.83. The van der Waals surface area contributed by atoms with Crippen LogP contribution in [0.3, 0.4) is 0 Å². The SMILES string of the molecule is COC(=O)CCc1cc(C)c(C)cc1C=O. The van der Waals surface area contributed by atoms with Gasteiger partial charge in [-0.15, -0.1) is 0 Å². The van der Waals surface area contributed by atoms with E-state index in [1.54, 1.807) is 0 Å². The highest BCUT2D eigenvalue weighted by molar-refractivity contribution is 5.78. The van der Waals surface area contributed by atoms with E-state index < -0.39 is 0 Å². The fraction of sp³-hybridized carbons (Fsp3) is 0.385. The van der Waals surface area contributed by atoms with Crippen molar-refractivity contribution >= 4 is 12.3 Å². The van der Waals surface area contributed by atoms with Crippen molar-refractivity contribution in [3.05, 3.63) is 34.4 Å². The fourth-order valence-electron chi connectivity index (χ4n) is 1.56. The van der Waals surface area contributed by atoms with Crippen molar-refractivity contribution in [1.29, 1.82) is 0 Å². The third kappa shape index (κ3) is 2.92. The largest absolute Gasteiger partial charge is 0.469 e. The maximum absolute atomic E-state index is 11.0. The fourth-order valence-corrected chi connectivity index (χ4v) is 1.56. The van der Waals surface area contributed by atoms with Crippen molar-refractivity contribution in [2.24, 2.45) is 0 Å². The first-order chi connectivity index (χ1) is 7.58. The molecule has 0 aliphatic heterocycles. The Kier molecular flexibility index (Phi) is 4.23. The molecule has 0 aromatic heterocycles. The van der Waals surface area contributed by atoms with Gasteiger partial charge >= 0.3 is 5.97 Å². The molecule has 86 valence electrons. The lowest BCUT2D eigenvalue weighted by Gasteiger charge is -2.08. The molecule has 0 aliphatic rings. The van der Waals surface area contributed by atoms with Crippen LogP contribution in [0.25, 0.3) is 0 Å². The van der Waals surface area contributed by atoms with E-state index in [-0.39, 0.29) is 5.97 Å². The Morgan fingerprint density at radius 3 is 2.50 bits per heavy atom. The van der Waals surface area contributed by atoms with E-state index >= 15 is 0 Å². The first kappa shape index (κ1) is 12.4. The van der Waals surface area contributed by atoms with Gasteiger partial charge in [-0.05, 0) is 43.0 Å². The van der Waals surface area contributed by atoms with Gasteiger partial charge in [-0.25, -0.2) is 0 Å². The van der Waals surface area contributed by atoms with Crippen LogP contribution in [0.4, 0.5) is 0 Å². The van der Waals surface area contributed by atoms with Gasteiger partial charge in [-0.3, -0.25) is 9.59 Å². The zero-order chi connectivity index (χ0) is 12.1. The number of aldehydes is 1. The Labute approximate surface area is 95.4 Å². The van der Waals surface area contributed by atoms with E-state index in [2.05, 4.69) is 4.74 Å². The highest BCUT2D eigenvalue weighted by atomic mass is 16.5. The van der Waals surface area contributed by atoms with Crippen LogP contribution < -0.4 is 0 Å². The molecule has 1 aromatic rings. The van der Waals surface area contributed by atoms with Crippen molar-refractivity contribution in [2.75, 3.05) is 7.11 Å². The van der Waals surface area contributed by atoms with Crippen LogP contribution in [0.15, 0.2) is 12.1 Å². The van der Waals surface area contributed by atoms with Crippen molar-refractivity contribution < 1.29 is 14.3 Å². The monoisotopic (exact) mass is 220 g/mol. The Bertz CT molecular complexity index is 408. The van der Waals surface area contributed by atoms with Gasteiger partial charge in [0, 0.05) is 12.0 Å². The van der Waals surface area contributed by atoms with E-state index in [4.69, 9.17) is 0 Å². The minimum absolute atomic E-state index is 0.255. The number of esters is 1. The molecule has 0 unspecified atom stereocenters. The molecule has 0 heterocycles. The number of carbonyl (C=O) groups is 2. The highest BCUT2D eigenvalue weighted by Gasteiger charge is 2.07. The summed E-state index contributed by atoms with van der Waals surface area (Å²) in [4.78, 5) is 21.9. The van der Waals surface area contributed by atoms with E-state index in [0.29, 0.717) is 18.4 Å². The molecule has 0 spiro atoms. The summed E-state index contributed by atoms with van der Waals surface area (Å²) in [5, 5.41) is 0. The van der Waals surface area contributed by atoms with Gasteiger partial charge in [-0.1, -0.05) is 6.07 Å². The van der Waals surface area contributed by atoms with Crippen LogP contribution in [-0.2, 0) is 16.0 Å². The van der Waals surface area contributed by atoms with Gasteiger partial charge in [0.15, 0.2) is 0 Å². The maximum Gasteiger partial charge on any atom is 0.305 e. The molecule has 0 radical (unpaired) electrons. The normalized spacial score (nSPS) is 9.94. The summed E-state index contributed by atoms with van der Waals surface area (Å²) in [6.45, 7) is 3.96. The molecule has 0 N–H and O–H groups in total. The molecule has 0 fully saturated rings. The smallest absolute Gasteiger partial charge is 0.305 e. The Morgan fingerprint density at radius 2 is 1.94 bits per heavy atom. The number of rotatable bonds is 4. The van der Waals surface area contributed by atoms with Crippen LogP contribution >= 0.6 is 0 Å². The van der Waals surface area contributed by atoms with Crippen molar-refractivity contribution in [2.45, 2.75) is 26.7 Å². The molecule has 3 nitrogen and oxygen atoms in total. The standard InChI is InChI=1S/C13H16O3/c1-9-6-11(4-5-13(15)16-3)12(8-14)7-10(9)2/h6-8H,4-5H2,1-3H3. The highest BCUT2D eigenvalue weighted by Crippen LogP contribution is 2.16. The van der Waals surface area contributed by atoms with E-state index in [0.717, 1.165) is 23.0 Å². The molecule has 0 bridgehead atoms. The number of methoxy groups -OCH3 is 1. The van der Waals surface area contributed by atoms with Crippen LogP contribution in [0.5, 0.6) is 0 Å². The lowest BCUT2D eigenvalue weighted by atomic mass is 9.97. The molecule has 0 amide bonds. The Balaban J connectivity index is 2.90. The lowest BCUT2D eigenvalue weighted by Crippen LogP contribution is -2.04. The summed E-state index contributed by atoms with van der Waals surface area (Å²) in [7, 11) is 1.36. The molecule has 0 atom stereocenters. The van der Waals surface area contributed by atoms with Crippen molar-refractivity contribution in [1.82, 2.24) is 0 Å². The summed E-state index contributed by atoms with van der Waals surface area (Å²) in [5.74, 6) is -0.255. The molecule has 0 saturated heterocycles. The van der Waals surface area contributed by atoms with Gasteiger partial charge in [-0.2, -0.15) is 0 Å². The van der Waals surface area contributed by atoms with Gasteiger partial charge in [0.25, 0.3) is 0 Å². The second-order valence-electron chi connectivity index (χ2n) is 3.83. The minimum atomic E-state index is -0.255. The van der Waals surface area contributed by atoms with E-state index in [1.807, 2.05) is 26.0 Å². The van der Waals surface area contributed by atoms with Crippen molar-refractivity contribution in [3.8, 4) is 0 Å². The Hall–Kier alpha value is -1.64. The van der Waals surface area contributed by atoms with E-state index in [1.165, 1.54) is 7.11 Å². The molecule has 0 aliphatic carbocycles. The number of carbonyl (C=O) groups excluding carboxylic acids is 2. The number of hydrogen-bond acceptors (Lipinski definition) is 3. The van der Waals surface area contributed by atoms with Crippen LogP contribution in [-0.4, -0.2) is 19.4 Å². The first-order valence-electron chi connectivity index (χ1n) is 5.20. The average molecular weight is 220 g/mol. The molecule has 1 aromatic carbocycles. The van der Waals surface area contributed by atoms with Crippen LogP contribution in [0.1, 0.15) is 33.5 Å². The minimum Gasteiger partial charge on any atom is -0.469 e. The molecule has 16 heavy (non-hydrogen) atoms. The first-order valence-corrected chi connectivity index (χ1v) is 5.20. The number of ether oxygens (including phenoxy) is 1.